The second kappa shape index (κ2) is 4.76. The highest BCUT2D eigenvalue weighted by atomic mass is 16.3. The first-order valence-corrected chi connectivity index (χ1v) is 5.63. The fraction of sp³-hybridized carbons (Fsp3) is 0.462. The van der Waals surface area contributed by atoms with Gasteiger partial charge in [0.05, 0.1) is 12.7 Å². The molecule has 1 aliphatic rings. The molecule has 3 nitrogen and oxygen atoms in total. The Morgan fingerprint density at radius 1 is 1.38 bits per heavy atom. The molecule has 16 heavy (non-hydrogen) atoms. The van der Waals surface area contributed by atoms with Crippen LogP contribution in [0.15, 0.2) is 24.3 Å². The molecule has 0 radical (unpaired) electrons. The highest BCUT2D eigenvalue weighted by molar-refractivity contribution is 6.00. The van der Waals surface area contributed by atoms with Gasteiger partial charge in [-0.25, -0.2) is 0 Å². The fourth-order valence-electron chi connectivity index (χ4n) is 2.29. The van der Waals surface area contributed by atoms with E-state index >= 15 is 0 Å². The van der Waals surface area contributed by atoms with Gasteiger partial charge >= 0.3 is 0 Å². The number of ketones is 1. The van der Waals surface area contributed by atoms with E-state index in [1.807, 2.05) is 24.3 Å². The van der Waals surface area contributed by atoms with Gasteiger partial charge in [-0.1, -0.05) is 24.3 Å². The van der Waals surface area contributed by atoms with Gasteiger partial charge in [-0.2, -0.15) is 0 Å². The van der Waals surface area contributed by atoms with E-state index in [-0.39, 0.29) is 18.3 Å². The second-order valence-corrected chi connectivity index (χ2v) is 4.33. The maximum Gasteiger partial charge on any atom is 0.166 e. The average molecular weight is 220 g/mol. The molecule has 0 spiro atoms. The molecule has 0 aliphatic heterocycles. The first-order chi connectivity index (χ1) is 7.72. The lowest BCUT2D eigenvalue weighted by Gasteiger charge is -2.24. The summed E-state index contributed by atoms with van der Waals surface area (Å²) in [7, 11) is 0. The van der Waals surface area contributed by atoms with Crippen LogP contribution in [0.4, 0.5) is 0 Å². The van der Waals surface area contributed by atoms with Gasteiger partial charge in [0.15, 0.2) is 5.78 Å². The van der Waals surface area contributed by atoms with E-state index in [0.29, 0.717) is 6.42 Å². The first-order valence-electron chi connectivity index (χ1n) is 5.63. The van der Waals surface area contributed by atoms with Gasteiger partial charge in [0.25, 0.3) is 0 Å². The third-order valence-corrected chi connectivity index (χ3v) is 3.18. The van der Waals surface area contributed by atoms with Crippen LogP contribution >= 0.6 is 0 Å². The molecule has 0 fully saturated rings. The van der Waals surface area contributed by atoms with Crippen molar-refractivity contribution in [1.82, 2.24) is 0 Å². The summed E-state index contributed by atoms with van der Waals surface area (Å²) < 4.78 is 0. The van der Waals surface area contributed by atoms with E-state index < -0.39 is 6.10 Å². The molecule has 3 heteroatoms. The number of benzene rings is 1. The van der Waals surface area contributed by atoms with Gasteiger partial charge in [-0.05, 0) is 24.8 Å². The predicted molar refractivity (Wildman–Crippen MR) is 60.3 cm³/mol. The molecule has 86 valence electrons. The van der Waals surface area contributed by atoms with Gasteiger partial charge in [0, 0.05) is 11.5 Å². The van der Waals surface area contributed by atoms with Crippen molar-refractivity contribution < 1.29 is 15.0 Å². The molecular weight excluding hydrogens is 204 g/mol. The maximum atomic E-state index is 12.1. The minimum atomic E-state index is -0.779. The number of aliphatic hydroxyl groups excluding tert-OH is 2. The molecule has 2 N–H and O–H groups in total. The highest BCUT2D eigenvalue weighted by Crippen LogP contribution is 2.28. The second-order valence-electron chi connectivity index (χ2n) is 4.33. The number of carbonyl (C=O) groups excluding carboxylic acids is 1. The van der Waals surface area contributed by atoms with Crippen molar-refractivity contribution in [2.75, 3.05) is 6.61 Å². The summed E-state index contributed by atoms with van der Waals surface area (Å²) in [5.41, 5.74) is 1.88. The van der Waals surface area contributed by atoms with Crippen LogP contribution in [0.3, 0.4) is 0 Å². The van der Waals surface area contributed by atoms with Gasteiger partial charge in [-0.3, -0.25) is 4.79 Å². The molecule has 0 aromatic heterocycles. The SMILES string of the molecule is O=C1c2ccccc2CCC1CC(O)CO. The highest BCUT2D eigenvalue weighted by Gasteiger charge is 2.28. The smallest absolute Gasteiger partial charge is 0.166 e. The number of rotatable bonds is 3. The third-order valence-electron chi connectivity index (χ3n) is 3.18. The fourth-order valence-corrected chi connectivity index (χ4v) is 2.29. The van der Waals surface area contributed by atoms with Crippen LogP contribution in [-0.2, 0) is 6.42 Å². The Balaban J connectivity index is 2.15. The topological polar surface area (TPSA) is 57.5 Å². The number of Topliss-reactive ketones (excluding diaryl/α,β-unsaturated/α-hetero) is 1. The van der Waals surface area contributed by atoms with E-state index in [9.17, 15) is 9.90 Å². The van der Waals surface area contributed by atoms with Crippen LogP contribution in [-0.4, -0.2) is 28.7 Å². The van der Waals surface area contributed by atoms with Crippen molar-refractivity contribution >= 4 is 5.78 Å². The number of aryl methyl sites for hydroxylation is 1. The van der Waals surface area contributed by atoms with E-state index in [1.165, 1.54) is 0 Å². The molecule has 0 bridgehead atoms. The lowest BCUT2D eigenvalue weighted by Crippen LogP contribution is -2.27. The van der Waals surface area contributed by atoms with E-state index in [1.54, 1.807) is 0 Å². The van der Waals surface area contributed by atoms with Crippen LogP contribution < -0.4 is 0 Å². The zero-order valence-corrected chi connectivity index (χ0v) is 9.10. The zero-order chi connectivity index (χ0) is 11.5. The number of carbonyl (C=O) groups is 1. The lowest BCUT2D eigenvalue weighted by atomic mass is 9.80. The van der Waals surface area contributed by atoms with Gasteiger partial charge < -0.3 is 10.2 Å². The van der Waals surface area contributed by atoms with Crippen molar-refractivity contribution in [2.45, 2.75) is 25.4 Å². The van der Waals surface area contributed by atoms with Crippen LogP contribution in [0.5, 0.6) is 0 Å². The normalized spacial score (nSPS) is 21.6. The van der Waals surface area contributed by atoms with E-state index in [2.05, 4.69) is 0 Å². The van der Waals surface area contributed by atoms with E-state index in [0.717, 1.165) is 24.0 Å². The number of hydrogen-bond donors (Lipinski definition) is 2. The maximum absolute atomic E-state index is 12.1. The largest absolute Gasteiger partial charge is 0.394 e. The molecule has 0 amide bonds. The molecule has 2 unspecified atom stereocenters. The van der Waals surface area contributed by atoms with Crippen molar-refractivity contribution in [3.63, 3.8) is 0 Å². The molecule has 1 aliphatic carbocycles. The van der Waals surface area contributed by atoms with Crippen LogP contribution in [0.2, 0.25) is 0 Å². The van der Waals surface area contributed by atoms with Crippen molar-refractivity contribution in [3.8, 4) is 0 Å². The number of hydrogen-bond acceptors (Lipinski definition) is 3. The van der Waals surface area contributed by atoms with Crippen LogP contribution in [0.1, 0.15) is 28.8 Å². The van der Waals surface area contributed by atoms with Gasteiger partial charge in [-0.15, -0.1) is 0 Å². The van der Waals surface area contributed by atoms with E-state index in [4.69, 9.17) is 5.11 Å². The molecule has 2 rings (SSSR count). The summed E-state index contributed by atoms with van der Waals surface area (Å²) in [6.07, 6.45) is 1.24. The van der Waals surface area contributed by atoms with Gasteiger partial charge in [0.1, 0.15) is 0 Å². The van der Waals surface area contributed by atoms with Crippen molar-refractivity contribution in [2.24, 2.45) is 5.92 Å². The molecule has 1 aromatic carbocycles. The Labute approximate surface area is 94.7 Å². The Kier molecular flexibility index (Phi) is 3.36. The summed E-state index contributed by atoms with van der Waals surface area (Å²) in [6.45, 7) is -0.272. The van der Waals surface area contributed by atoms with Crippen LogP contribution in [0.25, 0.3) is 0 Å². The molecule has 0 saturated heterocycles. The third kappa shape index (κ3) is 2.15. The Morgan fingerprint density at radius 3 is 2.88 bits per heavy atom. The Hall–Kier alpha value is -1.19. The molecular formula is C13H16O3. The number of aliphatic hydroxyl groups is 2. The first kappa shape index (κ1) is 11.3. The molecule has 1 aromatic rings. The summed E-state index contributed by atoms with van der Waals surface area (Å²) in [6, 6.07) is 7.62. The monoisotopic (exact) mass is 220 g/mol. The summed E-state index contributed by atoms with van der Waals surface area (Å²) in [4.78, 5) is 12.1. The quantitative estimate of drug-likeness (QED) is 0.804. The average Bonchev–Trinajstić information content (AvgIpc) is 2.33. The summed E-state index contributed by atoms with van der Waals surface area (Å²) >= 11 is 0. The van der Waals surface area contributed by atoms with Crippen LogP contribution in [0, 0.1) is 5.92 Å². The number of fused-ring (bicyclic) bond motifs is 1. The Morgan fingerprint density at radius 2 is 2.12 bits per heavy atom. The minimum absolute atomic E-state index is 0.106. The van der Waals surface area contributed by atoms with Crippen molar-refractivity contribution in [1.29, 1.82) is 0 Å². The van der Waals surface area contributed by atoms with Crippen molar-refractivity contribution in [3.05, 3.63) is 35.4 Å². The summed E-state index contributed by atoms with van der Waals surface area (Å²) in [5, 5.41) is 18.2. The predicted octanol–water partition coefficient (Wildman–Crippen LogP) is 1.17. The minimum Gasteiger partial charge on any atom is -0.394 e. The molecule has 0 heterocycles. The summed E-state index contributed by atoms with van der Waals surface area (Å²) in [5.74, 6) is -0.0357. The molecule has 0 saturated carbocycles. The zero-order valence-electron chi connectivity index (χ0n) is 9.10. The standard InChI is InChI=1S/C13H16O3/c14-8-11(15)7-10-6-5-9-3-1-2-4-12(9)13(10)16/h1-4,10-11,14-15H,5-8H2. The lowest BCUT2D eigenvalue weighted by molar-refractivity contribution is 0.0619. The Bertz CT molecular complexity index is 387. The molecule has 2 atom stereocenters. The van der Waals surface area contributed by atoms with Gasteiger partial charge in [0.2, 0.25) is 0 Å².